The lowest BCUT2D eigenvalue weighted by molar-refractivity contribution is -0.276. The second-order valence-electron chi connectivity index (χ2n) is 3.80. The van der Waals surface area contributed by atoms with Crippen LogP contribution in [0.15, 0.2) is 6.07 Å². The molecule has 0 N–H and O–H groups in total. The van der Waals surface area contributed by atoms with Gasteiger partial charge in [0, 0.05) is 0 Å². The Kier molecular flexibility index (Phi) is 5.20. The number of pyridine rings is 1. The summed E-state index contributed by atoms with van der Waals surface area (Å²) in [7, 11) is 0. The Hall–Kier alpha value is -2.07. The predicted octanol–water partition coefficient (Wildman–Crippen LogP) is 3.24. The number of aromatic nitrogens is 1. The molecule has 0 bridgehead atoms. The molecule has 0 aromatic carbocycles. The molecule has 1 heterocycles. The van der Waals surface area contributed by atoms with Crippen LogP contribution >= 0.6 is 0 Å². The number of hydrogen-bond acceptors (Lipinski definition) is 4. The summed E-state index contributed by atoms with van der Waals surface area (Å²) in [6.45, 7) is 1.24. The SMILES string of the molecule is CCOC(=O)Cc1nc(F)c(OC(F)(F)F)cc1C(F)(F)F. The molecule has 4 nitrogen and oxygen atoms in total. The Morgan fingerprint density at radius 2 is 1.82 bits per heavy atom. The molecule has 11 heteroatoms. The van der Waals surface area contributed by atoms with Gasteiger partial charge in [0.05, 0.1) is 24.3 Å². The summed E-state index contributed by atoms with van der Waals surface area (Å²) in [4.78, 5) is 13.9. The van der Waals surface area contributed by atoms with Gasteiger partial charge in [-0.2, -0.15) is 17.6 Å². The van der Waals surface area contributed by atoms with Crippen LogP contribution in [-0.4, -0.2) is 23.9 Å². The van der Waals surface area contributed by atoms with Crippen molar-refractivity contribution < 1.29 is 45.0 Å². The first-order valence-corrected chi connectivity index (χ1v) is 5.62. The second kappa shape index (κ2) is 6.36. The third-order valence-electron chi connectivity index (χ3n) is 2.17. The largest absolute Gasteiger partial charge is 0.573 e. The highest BCUT2D eigenvalue weighted by atomic mass is 19.4. The minimum Gasteiger partial charge on any atom is -0.466 e. The number of nitrogens with zero attached hydrogens (tertiary/aromatic N) is 1. The Labute approximate surface area is 118 Å². The van der Waals surface area contributed by atoms with E-state index in [1.165, 1.54) is 6.92 Å². The minimum absolute atomic E-state index is 0.141. The van der Waals surface area contributed by atoms with Crippen LogP contribution in [0.4, 0.5) is 30.7 Å². The normalized spacial score (nSPS) is 12.2. The van der Waals surface area contributed by atoms with E-state index < -0.39 is 47.9 Å². The van der Waals surface area contributed by atoms with Gasteiger partial charge in [-0.25, -0.2) is 4.98 Å². The Morgan fingerprint density at radius 1 is 1.23 bits per heavy atom. The zero-order valence-electron chi connectivity index (χ0n) is 10.8. The predicted molar refractivity (Wildman–Crippen MR) is 56.2 cm³/mol. The van der Waals surface area contributed by atoms with Gasteiger partial charge in [-0.15, -0.1) is 13.2 Å². The molecule has 0 unspecified atom stereocenters. The van der Waals surface area contributed by atoms with Crippen LogP contribution in [0, 0.1) is 5.95 Å². The first-order valence-electron chi connectivity index (χ1n) is 5.62. The van der Waals surface area contributed by atoms with Gasteiger partial charge in [0.2, 0.25) is 0 Å². The molecule has 0 atom stereocenters. The lowest BCUT2D eigenvalue weighted by Crippen LogP contribution is -2.21. The third kappa shape index (κ3) is 5.04. The van der Waals surface area contributed by atoms with Gasteiger partial charge in [0.25, 0.3) is 5.95 Å². The van der Waals surface area contributed by atoms with Crippen molar-refractivity contribution in [3.8, 4) is 5.75 Å². The summed E-state index contributed by atoms with van der Waals surface area (Å²) in [5, 5.41) is 0. The first kappa shape index (κ1) is 18.0. The number of esters is 1. The Morgan fingerprint density at radius 3 is 2.27 bits per heavy atom. The van der Waals surface area contributed by atoms with E-state index in [2.05, 4.69) is 14.5 Å². The van der Waals surface area contributed by atoms with Crippen molar-refractivity contribution in [3.63, 3.8) is 0 Å². The highest BCUT2D eigenvalue weighted by Gasteiger charge is 2.39. The third-order valence-corrected chi connectivity index (χ3v) is 2.17. The zero-order chi connectivity index (χ0) is 17.1. The van der Waals surface area contributed by atoms with Crippen molar-refractivity contribution in [2.75, 3.05) is 6.61 Å². The lowest BCUT2D eigenvalue weighted by atomic mass is 10.1. The van der Waals surface area contributed by atoms with E-state index in [1.807, 2.05) is 0 Å². The van der Waals surface area contributed by atoms with Gasteiger partial charge < -0.3 is 9.47 Å². The van der Waals surface area contributed by atoms with E-state index in [9.17, 15) is 35.5 Å². The molecule has 1 aromatic rings. The van der Waals surface area contributed by atoms with Gasteiger partial charge in [-0.05, 0) is 13.0 Å². The van der Waals surface area contributed by atoms with Crippen molar-refractivity contribution in [2.24, 2.45) is 0 Å². The molecule has 0 spiro atoms. The smallest absolute Gasteiger partial charge is 0.466 e. The van der Waals surface area contributed by atoms with Crippen molar-refractivity contribution in [1.29, 1.82) is 0 Å². The molecule has 0 aliphatic heterocycles. The monoisotopic (exact) mass is 335 g/mol. The number of alkyl halides is 6. The molecule has 22 heavy (non-hydrogen) atoms. The second-order valence-corrected chi connectivity index (χ2v) is 3.80. The van der Waals surface area contributed by atoms with E-state index in [0.29, 0.717) is 0 Å². The van der Waals surface area contributed by atoms with Crippen LogP contribution in [0.2, 0.25) is 0 Å². The summed E-state index contributed by atoms with van der Waals surface area (Å²) in [5.41, 5.74) is -2.82. The van der Waals surface area contributed by atoms with Gasteiger partial charge in [-0.3, -0.25) is 4.79 Å². The van der Waals surface area contributed by atoms with Crippen LogP contribution in [0.25, 0.3) is 0 Å². The van der Waals surface area contributed by atoms with E-state index in [1.54, 1.807) is 0 Å². The van der Waals surface area contributed by atoms with Gasteiger partial charge in [-0.1, -0.05) is 0 Å². The standard InChI is InChI=1S/C11H8F7NO3/c1-2-21-8(20)4-6-5(10(13,14)15)3-7(9(12)19-6)22-11(16,17)18/h3H,2,4H2,1H3. The van der Waals surface area contributed by atoms with Crippen molar-refractivity contribution >= 4 is 5.97 Å². The van der Waals surface area contributed by atoms with Crippen molar-refractivity contribution in [3.05, 3.63) is 23.3 Å². The highest BCUT2D eigenvalue weighted by Crippen LogP contribution is 2.36. The molecule has 0 fully saturated rings. The number of carbonyl (C=O) groups is 1. The van der Waals surface area contributed by atoms with Crippen LogP contribution < -0.4 is 4.74 Å². The van der Waals surface area contributed by atoms with Crippen LogP contribution in [0.3, 0.4) is 0 Å². The summed E-state index contributed by atoms with van der Waals surface area (Å²) in [5.74, 6) is -4.80. The minimum atomic E-state index is -5.39. The summed E-state index contributed by atoms with van der Waals surface area (Å²) < 4.78 is 95.1. The summed E-state index contributed by atoms with van der Waals surface area (Å²) in [6.07, 6.45) is -11.6. The van der Waals surface area contributed by atoms with E-state index in [4.69, 9.17) is 0 Å². The van der Waals surface area contributed by atoms with E-state index >= 15 is 0 Å². The summed E-state index contributed by atoms with van der Waals surface area (Å²) >= 11 is 0. The molecule has 1 rings (SSSR count). The average molecular weight is 335 g/mol. The Bertz CT molecular complexity index is 554. The molecule has 0 amide bonds. The fourth-order valence-electron chi connectivity index (χ4n) is 1.43. The van der Waals surface area contributed by atoms with Crippen molar-refractivity contribution in [2.45, 2.75) is 25.9 Å². The average Bonchev–Trinajstić information content (AvgIpc) is 2.29. The quantitative estimate of drug-likeness (QED) is 0.481. The number of hydrogen-bond donors (Lipinski definition) is 0. The van der Waals surface area contributed by atoms with Gasteiger partial charge in [0.15, 0.2) is 5.75 Å². The Balaban J connectivity index is 3.27. The van der Waals surface area contributed by atoms with Crippen LogP contribution in [0.1, 0.15) is 18.2 Å². The summed E-state index contributed by atoms with van der Waals surface area (Å²) in [6, 6.07) is -0.204. The molecule has 0 aliphatic carbocycles. The lowest BCUT2D eigenvalue weighted by Gasteiger charge is -2.15. The van der Waals surface area contributed by atoms with Crippen LogP contribution in [0.5, 0.6) is 5.75 Å². The molecule has 124 valence electrons. The first-order chi connectivity index (χ1) is 9.94. The zero-order valence-corrected chi connectivity index (χ0v) is 10.8. The highest BCUT2D eigenvalue weighted by molar-refractivity contribution is 5.72. The molecule has 0 aliphatic rings. The molecular weight excluding hydrogens is 327 g/mol. The number of ether oxygens (including phenoxy) is 2. The maximum absolute atomic E-state index is 13.3. The molecule has 0 radical (unpaired) electrons. The number of rotatable bonds is 4. The van der Waals surface area contributed by atoms with E-state index in [-0.39, 0.29) is 12.7 Å². The van der Waals surface area contributed by atoms with Crippen LogP contribution in [-0.2, 0) is 22.1 Å². The number of halogens is 7. The van der Waals surface area contributed by atoms with Gasteiger partial charge >= 0.3 is 18.5 Å². The molecular formula is C11H8F7NO3. The molecule has 1 aromatic heterocycles. The fourth-order valence-corrected chi connectivity index (χ4v) is 1.43. The molecule has 0 saturated carbocycles. The fraction of sp³-hybridized carbons (Fsp3) is 0.455. The number of carbonyl (C=O) groups excluding carboxylic acids is 1. The van der Waals surface area contributed by atoms with E-state index in [0.717, 1.165) is 0 Å². The molecule has 0 saturated heterocycles. The maximum atomic E-state index is 13.3. The maximum Gasteiger partial charge on any atom is 0.573 e. The topological polar surface area (TPSA) is 48.4 Å². The van der Waals surface area contributed by atoms with Crippen molar-refractivity contribution in [1.82, 2.24) is 4.98 Å². The van der Waals surface area contributed by atoms with Gasteiger partial charge in [0.1, 0.15) is 0 Å².